The molecule has 1 N–H and O–H groups in total. The summed E-state index contributed by atoms with van der Waals surface area (Å²) in [7, 11) is 0. The molecule has 0 aliphatic rings. The van der Waals surface area contributed by atoms with E-state index < -0.39 is 11.9 Å². The first-order valence-electron chi connectivity index (χ1n) is 5.77. The van der Waals surface area contributed by atoms with Gasteiger partial charge in [0, 0.05) is 10.6 Å². The van der Waals surface area contributed by atoms with Gasteiger partial charge in [0.15, 0.2) is 0 Å². The SMILES string of the molecule is CC(C(=O)O)c1cccc(-c2cc(Cl)ccc2F)c1. The number of halogens is 2. The highest BCUT2D eigenvalue weighted by atomic mass is 35.5. The number of benzene rings is 2. The van der Waals surface area contributed by atoms with E-state index in [1.807, 2.05) is 0 Å². The van der Waals surface area contributed by atoms with Crippen LogP contribution in [0.2, 0.25) is 5.02 Å². The van der Waals surface area contributed by atoms with Gasteiger partial charge in [-0.25, -0.2) is 4.39 Å². The lowest BCUT2D eigenvalue weighted by Crippen LogP contribution is -2.07. The smallest absolute Gasteiger partial charge is 0.310 e. The van der Waals surface area contributed by atoms with Crippen molar-refractivity contribution in [2.45, 2.75) is 12.8 Å². The molecule has 0 amide bonds. The summed E-state index contributed by atoms with van der Waals surface area (Å²) in [5, 5.41) is 9.44. The third-order valence-electron chi connectivity index (χ3n) is 3.00. The van der Waals surface area contributed by atoms with Gasteiger partial charge in [-0.1, -0.05) is 35.9 Å². The minimum atomic E-state index is -0.913. The van der Waals surface area contributed by atoms with Gasteiger partial charge in [-0.05, 0) is 36.2 Å². The van der Waals surface area contributed by atoms with Gasteiger partial charge in [0.05, 0.1) is 5.92 Å². The van der Waals surface area contributed by atoms with E-state index in [-0.39, 0.29) is 5.82 Å². The molecule has 1 unspecified atom stereocenters. The summed E-state index contributed by atoms with van der Waals surface area (Å²) >= 11 is 5.86. The Balaban J connectivity index is 2.49. The van der Waals surface area contributed by atoms with E-state index in [9.17, 15) is 9.18 Å². The fraction of sp³-hybridized carbons (Fsp3) is 0.133. The van der Waals surface area contributed by atoms with Crippen molar-refractivity contribution in [3.8, 4) is 11.1 Å². The van der Waals surface area contributed by atoms with Gasteiger partial charge < -0.3 is 5.11 Å². The predicted octanol–water partition coefficient (Wildman–Crippen LogP) is 4.33. The molecule has 0 heterocycles. The topological polar surface area (TPSA) is 37.3 Å². The second-order valence-electron chi connectivity index (χ2n) is 4.31. The Bertz CT molecular complexity index is 625. The zero-order chi connectivity index (χ0) is 14.0. The van der Waals surface area contributed by atoms with Gasteiger partial charge in [0.1, 0.15) is 5.82 Å². The second kappa shape index (κ2) is 5.41. The summed E-state index contributed by atoms with van der Waals surface area (Å²) < 4.78 is 13.8. The normalized spacial score (nSPS) is 12.2. The zero-order valence-electron chi connectivity index (χ0n) is 10.2. The molecule has 0 saturated heterocycles. The number of rotatable bonds is 3. The first-order chi connectivity index (χ1) is 8.99. The second-order valence-corrected chi connectivity index (χ2v) is 4.75. The standard InChI is InChI=1S/C15H12ClFO2/c1-9(15(18)19)10-3-2-4-11(7-10)13-8-12(16)5-6-14(13)17/h2-9H,1H3,(H,18,19). The molecule has 0 aromatic heterocycles. The molecule has 0 spiro atoms. The molecule has 1 atom stereocenters. The van der Waals surface area contributed by atoms with Gasteiger partial charge >= 0.3 is 5.97 Å². The van der Waals surface area contributed by atoms with Crippen molar-refractivity contribution >= 4 is 17.6 Å². The van der Waals surface area contributed by atoms with Crippen LogP contribution in [0.1, 0.15) is 18.4 Å². The Hall–Kier alpha value is -1.87. The van der Waals surface area contributed by atoms with Crippen LogP contribution in [-0.4, -0.2) is 11.1 Å². The van der Waals surface area contributed by atoms with Crippen LogP contribution in [0.4, 0.5) is 4.39 Å². The van der Waals surface area contributed by atoms with E-state index in [1.165, 1.54) is 18.2 Å². The Kier molecular flexibility index (Phi) is 3.86. The number of carbonyl (C=O) groups is 1. The largest absolute Gasteiger partial charge is 0.481 e. The molecule has 2 aromatic rings. The van der Waals surface area contributed by atoms with Crippen molar-refractivity contribution in [3.05, 3.63) is 58.9 Å². The maximum atomic E-state index is 13.8. The minimum Gasteiger partial charge on any atom is -0.481 e. The predicted molar refractivity (Wildman–Crippen MR) is 72.9 cm³/mol. The molecular formula is C15H12ClFO2. The number of carboxylic acid groups (broad SMARTS) is 1. The summed E-state index contributed by atoms with van der Waals surface area (Å²) in [6.45, 7) is 1.59. The van der Waals surface area contributed by atoms with Crippen molar-refractivity contribution in [1.29, 1.82) is 0 Å². The van der Waals surface area contributed by atoms with Crippen molar-refractivity contribution < 1.29 is 14.3 Å². The third-order valence-corrected chi connectivity index (χ3v) is 3.23. The molecule has 0 radical (unpaired) electrons. The highest BCUT2D eigenvalue weighted by Gasteiger charge is 2.15. The van der Waals surface area contributed by atoms with E-state index in [0.717, 1.165) is 0 Å². The molecule has 4 heteroatoms. The summed E-state index contributed by atoms with van der Waals surface area (Å²) in [5.41, 5.74) is 1.61. The number of hydrogen-bond donors (Lipinski definition) is 1. The highest BCUT2D eigenvalue weighted by molar-refractivity contribution is 6.30. The van der Waals surface area contributed by atoms with Crippen molar-refractivity contribution in [2.24, 2.45) is 0 Å². The lowest BCUT2D eigenvalue weighted by molar-refractivity contribution is -0.138. The molecule has 0 aliphatic heterocycles. The molecule has 0 bridgehead atoms. The summed E-state index contributed by atoms with van der Waals surface area (Å²) in [5.74, 6) is -1.93. The van der Waals surface area contributed by atoms with E-state index in [2.05, 4.69) is 0 Å². The fourth-order valence-electron chi connectivity index (χ4n) is 1.84. The Morgan fingerprint density at radius 1 is 1.26 bits per heavy atom. The van der Waals surface area contributed by atoms with Gasteiger partial charge in [-0.3, -0.25) is 4.79 Å². The van der Waals surface area contributed by atoms with E-state index in [1.54, 1.807) is 31.2 Å². The first kappa shape index (κ1) is 13.6. The van der Waals surface area contributed by atoms with Crippen LogP contribution in [-0.2, 0) is 4.79 Å². The van der Waals surface area contributed by atoms with Crippen LogP contribution < -0.4 is 0 Å². The maximum absolute atomic E-state index is 13.8. The molecule has 0 fully saturated rings. The van der Waals surface area contributed by atoms with E-state index in [0.29, 0.717) is 21.7 Å². The summed E-state index contributed by atoms with van der Waals surface area (Å²) in [6, 6.07) is 11.1. The molecular weight excluding hydrogens is 267 g/mol. The molecule has 2 nitrogen and oxygen atoms in total. The van der Waals surface area contributed by atoms with Crippen LogP contribution in [0.3, 0.4) is 0 Å². The van der Waals surface area contributed by atoms with Crippen LogP contribution in [0.15, 0.2) is 42.5 Å². The average molecular weight is 279 g/mol. The van der Waals surface area contributed by atoms with E-state index >= 15 is 0 Å². The molecule has 98 valence electrons. The highest BCUT2D eigenvalue weighted by Crippen LogP contribution is 2.28. The molecule has 19 heavy (non-hydrogen) atoms. The van der Waals surface area contributed by atoms with Crippen LogP contribution in [0.5, 0.6) is 0 Å². The van der Waals surface area contributed by atoms with Crippen molar-refractivity contribution in [1.82, 2.24) is 0 Å². The average Bonchev–Trinajstić information content (AvgIpc) is 2.40. The maximum Gasteiger partial charge on any atom is 0.310 e. The van der Waals surface area contributed by atoms with Crippen molar-refractivity contribution in [3.63, 3.8) is 0 Å². The summed E-state index contributed by atoms with van der Waals surface area (Å²) in [4.78, 5) is 11.0. The lowest BCUT2D eigenvalue weighted by Gasteiger charge is -2.10. The van der Waals surface area contributed by atoms with E-state index in [4.69, 9.17) is 16.7 Å². The minimum absolute atomic E-state index is 0.368. The Labute approximate surface area is 115 Å². The van der Waals surface area contributed by atoms with Crippen LogP contribution in [0.25, 0.3) is 11.1 Å². The number of carboxylic acids is 1. The third kappa shape index (κ3) is 2.93. The van der Waals surface area contributed by atoms with Crippen LogP contribution in [0, 0.1) is 5.82 Å². The first-order valence-corrected chi connectivity index (χ1v) is 6.15. The quantitative estimate of drug-likeness (QED) is 0.907. The van der Waals surface area contributed by atoms with Crippen LogP contribution >= 0.6 is 11.6 Å². The number of hydrogen-bond acceptors (Lipinski definition) is 1. The fourth-order valence-corrected chi connectivity index (χ4v) is 2.01. The molecule has 0 saturated carbocycles. The van der Waals surface area contributed by atoms with Gasteiger partial charge in [0.25, 0.3) is 0 Å². The lowest BCUT2D eigenvalue weighted by atomic mass is 9.96. The Morgan fingerprint density at radius 2 is 2.00 bits per heavy atom. The number of aliphatic carboxylic acids is 1. The summed E-state index contributed by atoms with van der Waals surface area (Å²) in [6.07, 6.45) is 0. The van der Waals surface area contributed by atoms with Crippen molar-refractivity contribution in [2.75, 3.05) is 0 Å². The molecule has 2 aromatic carbocycles. The zero-order valence-corrected chi connectivity index (χ0v) is 11.0. The molecule has 2 rings (SSSR count). The van der Waals surface area contributed by atoms with Gasteiger partial charge in [0.2, 0.25) is 0 Å². The molecule has 0 aliphatic carbocycles. The monoisotopic (exact) mass is 278 g/mol. The van der Waals surface area contributed by atoms with Gasteiger partial charge in [-0.2, -0.15) is 0 Å². The Morgan fingerprint density at radius 3 is 2.68 bits per heavy atom. The van der Waals surface area contributed by atoms with Gasteiger partial charge in [-0.15, -0.1) is 0 Å².